The maximum absolute atomic E-state index is 13.1. The molecular weight excluding hydrogens is 251 g/mol. The molecule has 0 aliphatic carbocycles. The average molecular weight is 272 g/mol. The first-order valence-corrected chi connectivity index (χ1v) is 7.00. The Hall–Kier alpha value is -2.03. The van der Waals surface area contributed by atoms with Gasteiger partial charge in [0.1, 0.15) is 5.82 Å². The van der Waals surface area contributed by atoms with Gasteiger partial charge in [0.15, 0.2) is 0 Å². The molecule has 0 aliphatic rings. The minimum absolute atomic E-state index is 0.207. The Morgan fingerprint density at radius 1 is 1.10 bits per heavy atom. The van der Waals surface area contributed by atoms with E-state index in [0.29, 0.717) is 0 Å². The molecule has 0 aromatic heterocycles. The van der Waals surface area contributed by atoms with Crippen LogP contribution in [0.1, 0.15) is 12.5 Å². The van der Waals surface area contributed by atoms with Crippen molar-refractivity contribution in [2.24, 2.45) is 0 Å². The first-order chi connectivity index (χ1) is 9.70. The van der Waals surface area contributed by atoms with Gasteiger partial charge in [-0.2, -0.15) is 0 Å². The highest BCUT2D eigenvalue weighted by molar-refractivity contribution is 5.53. The standard InChI is InChI=1S/C17H21FN2/c1-3-20(17-10-5-4-7-14(17)2)12-11-19-16-9-6-8-15(18)13-16/h4-10,13,19H,3,11-12H2,1-2H3. The predicted molar refractivity (Wildman–Crippen MR) is 84.0 cm³/mol. The number of nitrogens with zero attached hydrogens (tertiary/aromatic N) is 1. The van der Waals surface area contributed by atoms with Crippen molar-refractivity contribution >= 4 is 11.4 Å². The smallest absolute Gasteiger partial charge is 0.125 e. The summed E-state index contributed by atoms with van der Waals surface area (Å²) < 4.78 is 13.1. The fraction of sp³-hybridized carbons (Fsp3) is 0.294. The fourth-order valence-electron chi connectivity index (χ4n) is 2.30. The van der Waals surface area contributed by atoms with Gasteiger partial charge in [0.2, 0.25) is 0 Å². The Morgan fingerprint density at radius 3 is 2.60 bits per heavy atom. The lowest BCUT2D eigenvalue weighted by Crippen LogP contribution is -2.29. The summed E-state index contributed by atoms with van der Waals surface area (Å²) in [5.41, 5.74) is 3.36. The van der Waals surface area contributed by atoms with E-state index in [9.17, 15) is 4.39 Å². The van der Waals surface area contributed by atoms with Gasteiger partial charge in [-0.25, -0.2) is 4.39 Å². The zero-order valence-electron chi connectivity index (χ0n) is 12.1. The number of hydrogen-bond acceptors (Lipinski definition) is 2. The van der Waals surface area contributed by atoms with Gasteiger partial charge in [-0.15, -0.1) is 0 Å². The molecule has 2 aromatic carbocycles. The van der Waals surface area contributed by atoms with Gasteiger partial charge in [-0.3, -0.25) is 0 Å². The molecule has 0 bridgehead atoms. The maximum atomic E-state index is 13.1. The summed E-state index contributed by atoms with van der Waals surface area (Å²) in [6, 6.07) is 15.0. The highest BCUT2D eigenvalue weighted by Crippen LogP contribution is 2.18. The molecule has 1 N–H and O–H groups in total. The first-order valence-electron chi connectivity index (χ1n) is 7.00. The van der Waals surface area contributed by atoms with E-state index in [1.54, 1.807) is 6.07 Å². The lowest BCUT2D eigenvalue weighted by atomic mass is 10.2. The van der Waals surface area contributed by atoms with Gasteiger partial charge in [-0.1, -0.05) is 24.3 Å². The molecule has 0 aliphatic heterocycles. The first kappa shape index (κ1) is 14.4. The third-order valence-corrected chi connectivity index (χ3v) is 3.37. The molecule has 0 heterocycles. The number of aryl methyl sites for hydroxylation is 1. The molecule has 3 heteroatoms. The minimum Gasteiger partial charge on any atom is -0.383 e. The lowest BCUT2D eigenvalue weighted by molar-refractivity contribution is 0.628. The van der Waals surface area contributed by atoms with Crippen molar-refractivity contribution in [1.29, 1.82) is 0 Å². The second kappa shape index (κ2) is 6.94. The Morgan fingerprint density at radius 2 is 1.90 bits per heavy atom. The Kier molecular flexibility index (Phi) is 4.99. The molecular formula is C17H21FN2. The molecule has 0 fully saturated rings. The number of para-hydroxylation sites is 1. The van der Waals surface area contributed by atoms with Gasteiger partial charge in [0, 0.05) is 31.0 Å². The molecule has 0 spiro atoms. The topological polar surface area (TPSA) is 15.3 Å². The maximum Gasteiger partial charge on any atom is 0.125 e. The van der Waals surface area contributed by atoms with Crippen molar-refractivity contribution in [3.63, 3.8) is 0 Å². The molecule has 0 saturated carbocycles. The SMILES string of the molecule is CCN(CCNc1cccc(F)c1)c1ccccc1C. The summed E-state index contributed by atoms with van der Waals surface area (Å²) in [6.45, 7) is 6.89. The van der Waals surface area contributed by atoms with Crippen LogP contribution in [-0.2, 0) is 0 Å². The van der Waals surface area contributed by atoms with E-state index >= 15 is 0 Å². The quantitative estimate of drug-likeness (QED) is 0.852. The number of hydrogen-bond donors (Lipinski definition) is 1. The van der Waals surface area contributed by atoms with E-state index in [1.807, 2.05) is 6.07 Å². The number of nitrogens with one attached hydrogen (secondary N) is 1. The molecule has 0 atom stereocenters. The van der Waals surface area contributed by atoms with E-state index in [1.165, 1.54) is 23.4 Å². The van der Waals surface area contributed by atoms with Crippen LogP contribution >= 0.6 is 0 Å². The number of benzene rings is 2. The summed E-state index contributed by atoms with van der Waals surface area (Å²) in [7, 11) is 0. The van der Waals surface area contributed by atoms with Crippen molar-refractivity contribution < 1.29 is 4.39 Å². The predicted octanol–water partition coefficient (Wildman–Crippen LogP) is 4.07. The van der Waals surface area contributed by atoms with Crippen LogP contribution < -0.4 is 10.2 Å². The Labute approximate surface area is 120 Å². The zero-order chi connectivity index (χ0) is 14.4. The van der Waals surface area contributed by atoms with Crippen LogP contribution in [0.15, 0.2) is 48.5 Å². The molecule has 0 radical (unpaired) electrons. The van der Waals surface area contributed by atoms with Crippen LogP contribution in [-0.4, -0.2) is 19.6 Å². The van der Waals surface area contributed by atoms with E-state index in [-0.39, 0.29) is 5.82 Å². The summed E-state index contributed by atoms with van der Waals surface area (Å²) in [5.74, 6) is -0.207. The highest BCUT2D eigenvalue weighted by atomic mass is 19.1. The third kappa shape index (κ3) is 3.73. The minimum atomic E-state index is -0.207. The number of anilines is 2. The van der Waals surface area contributed by atoms with Crippen molar-refractivity contribution in [2.75, 3.05) is 29.9 Å². The molecule has 106 valence electrons. The van der Waals surface area contributed by atoms with E-state index in [2.05, 4.69) is 48.3 Å². The van der Waals surface area contributed by atoms with E-state index < -0.39 is 0 Å². The third-order valence-electron chi connectivity index (χ3n) is 3.37. The summed E-state index contributed by atoms with van der Waals surface area (Å²) in [4.78, 5) is 2.32. The van der Waals surface area contributed by atoms with E-state index in [4.69, 9.17) is 0 Å². The Balaban J connectivity index is 1.93. The molecule has 0 saturated heterocycles. The highest BCUT2D eigenvalue weighted by Gasteiger charge is 2.06. The Bertz CT molecular complexity index is 554. The summed E-state index contributed by atoms with van der Waals surface area (Å²) in [5, 5.41) is 3.26. The van der Waals surface area contributed by atoms with Gasteiger partial charge < -0.3 is 10.2 Å². The largest absolute Gasteiger partial charge is 0.383 e. The van der Waals surface area contributed by atoms with E-state index in [0.717, 1.165) is 25.3 Å². The van der Waals surface area contributed by atoms with Crippen LogP contribution in [0.2, 0.25) is 0 Å². The number of likely N-dealkylation sites (N-methyl/N-ethyl adjacent to an activating group) is 1. The monoisotopic (exact) mass is 272 g/mol. The van der Waals surface area contributed by atoms with Crippen molar-refractivity contribution in [2.45, 2.75) is 13.8 Å². The van der Waals surface area contributed by atoms with Crippen LogP contribution in [0.4, 0.5) is 15.8 Å². The van der Waals surface area contributed by atoms with Crippen LogP contribution in [0.25, 0.3) is 0 Å². The van der Waals surface area contributed by atoms with Crippen molar-refractivity contribution in [1.82, 2.24) is 0 Å². The van der Waals surface area contributed by atoms with Crippen molar-refractivity contribution in [3.05, 3.63) is 59.9 Å². The fourth-order valence-corrected chi connectivity index (χ4v) is 2.30. The molecule has 20 heavy (non-hydrogen) atoms. The zero-order valence-corrected chi connectivity index (χ0v) is 12.1. The number of rotatable bonds is 6. The van der Waals surface area contributed by atoms with Crippen LogP contribution in [0, 0.1) is 12.7 Å². The summed E-state index contributed by atoms with van der Waals surface area (Å²) in [6.07, 6.45) is 0. The van der Waals surface area contributed by atoms with Gasteiger partial charge >= 0.3 is 0 Å². The molecule has 2 rings (SSSR count). The second-order valence-electron chi connectivity index (χ2n) is 4.80. The van der Waals surface area contributed by atoms with Crippen molar-refractivity contribution in [3.8, 4) is 0 Å². The van der Waals surface area contributed by atoms with Gasteiger partial charge in [0.25, 0.3) is 0 Å². The number of halogens is 1. The van der Waals surface area contributed by atoms with Crippen LogP contribution in [0.5, 0.6) is 0 Å². The normalized spacial score (nSPS) is 10.3. The molecule has 0 unspecified atom stereocenters. The van der Waals surface area contributed by atoms with Crippen LogP contribution in [0.3, 0.4) is 0 Å². The van der Waals surface area contributed by atoms with Gasteiger partial charge in [-0.05, 0) is 43.7 Å². The lowest BCUT2D eigenvalue weighted by Gasteiger charge is -2.25. The van der Waals surface area contributed by atoms with Gasteiger partial charge in [0.05, 0.1) is 0 Å². The molecule has 0 amide bonds. The molecule has 2 nitrogen and oxygen atoms in total. The second-order valence-corrected chi connectivity index (χ2v) is 4.80. The molecule has 2 aromatic rings. The summed E-state index contributed by atoms with van der Waals surface area (Å²) >= 11 is 0. The average Bonchev–Trinajstić information content (AvgIpc) is 2.45.